The number of hydrogen-bond acceptors (Lipinski definition) is 22. The van der Waals surface area contributed by atoms with Gasteiger partial charge < -0.3 is 47.8 Å². The molecule has 2 aliphatic heterocycles. The fourth-order valence-corrected chi connectivity index (χ4v) is 12.9. The lowest BCUT2D eigenvalue weighted by Crippen LogP contribution is -2.44. The fourth-order valence-electron chi connectivity index (χ4n) is 8.74. The summed E-state index contributed by atoms with van der Waals surface area (Å²) in [4.78, 5) is 74.7. The summed E-state index contributed by atoms with van der Waals surface area (Å²) >= 11 is 6.13. The van der Waals surface area contributed by atoms with Crippen LogP contribution in [0.5, 0.6) is 0 Å². The molecule has 6 heterocycles. The Morgan fingerprint density at radius 2 is 1.09 bits per heavy atom. The van der Waals surface area contributed by atoms with Gasteiger partial charge in [0.2, 0.25) is 10.5 Å². The molecule has 81 heavy (non-hydrogen) atoms. The average Bonchev–Trinajstić information content (AvgIpc) is 1.95. The minimum absolute atomic E-state index is 0.0218. The number of methoxy groups -OCH3 is 2. The molecule has 2 aliphatic rings. The highest BCUT2D eigenvalue weighted by Gasteiger charge is 2.49. The van der Waals surface area contributed by atoms with E-state index in [0.29, 0.717) is 47.2 Å². The molecule has 2 aromatic carbocycles. The van der Waals surface area contributed by atoms with Gasteiger partial charge in [0.05, 0.1) is 72.5 Å². The Labute approximate surface area is 481 Å². The molecule has 26 nitrogen and oxygen atoms in total. The predicted molar refractivity (Wildman–Crippen MR) is 308 cm³/mol. The molecule has 29 heteroatoms. The minimum atomic E-state index is -1.70. The van der Waals surface area contributed by atoms with Crippen LogP contribution in [0.1, 0.15) is 97.2 Å². The average molecular weight is 1200 g/mol. The van der Waals surface area contributed by atoms with Crippen molar-refractivity contribution in [3.63, 3.8) is 0 Å². The standard InChI is InChI=1S/C25H33N6O6P.C16H16N4O5.C9H18ClN2OP.2CH4O/c1-14(2)31(15(3)4)38(35-13-9-12-26)37-20-16(5)36-24(21(20)34-6)30-23(32)19-22(29-25(30)33)28-18-11-8-7-10-17(18)27-19;1-7-11(21)12(24-2)15(25-7)20-14(22)10-13(19-16(20)23)18-9-6-4-3-5-8(9)17-10;1-8(2)12(9(3)4)14(10)13-7-5-6-11;2*1-2/h7-8,10-11,14-16,20-21,24H,9,13H2,1-6H3,(H,28,29,33);3-7,11-12,15,21H,1-2H3,(H,18,19,23);8-9H,5,7H2,1-4H3;2*2H,1H3/t16-,20-,21?,24-,38?;7-,11-,12?,15-;;;/m11.../s1/i5D;1D;;2*2T. The molecule has 6 aromatic rings. The van der Waals surface area contributed by atoms with Gasteiger partial charge in [-0.1, -0.05) is 24.3 Å². The molecule has 444 valence electrons. The smallest absolute Gasteiger partial charge is 0.332 e. The van der Waals surface area contributed by atoms with E-state index in [9.17, 15) is 24.3 Å². The van der Waals surface area contributed by atoms with E-state index in [2.05, 4.69) is 78.6 Å². The fraction of sp³-hybridized carbons (Fsp3) is 0.577. The number of aromatic nitrogens is 8. The number of aromatic amines is 2. The van der Waals surface area contributed by atoms with Gasteiger partial charge in [0.25, 0.3) is 19.6 Å². The zero-order valence-electron chi connectivity index (χ0n) is 51.3. The molecule has 4 aromatic heterocycles. The van der Waals surface area contributed by atoms with Gasteiger partial charge in [-0.3, -0.25) is 19.6 Å². The second kappa shape index (κ2) is 32.5. The van der Waals surface area contributed by atoms with Gasteiger partial charge in [-0.25, -0.2) is 48.0 Å². The van der Waals surface area contributed by atoms with Gasteiger partial charge >= 0.3 is 11.4 Å². The van der Waals surface area contributed by atoms with Crippen molar-refractivity contribution in [1.82, 2.24) is 48.4 Å². The van der Waals surface area contributed by atoms with Crippen LogP contribution < -0.4 is 22.5 Å². The number of H-pyrrole nitrogens is 2. The molecule has 2 fully saturated rings. The van der Waals surface area contributed by atoms with Crippen molar-refractivity contribution >= 4 is 71.8 Å². The Morgan fingerprint density at radius 3 is 1.48 bits per heavy atom. The second-order valence-corrected chi connectivity index (χ2v) is 22.1. The summed E-state index contributed by atoms with van der Waals surface area (Å²) < 4.78 is 73.3. The number of benzene rings is 2. The Morgan fingerprint density at radius 1 is 0.691 bits per heavy atom. The van der Waals surface area contributed by atoms with E-state index in [1.165, 1.54) is 28.4 Å². The maximum Gasteiger partial charge on any atom is 0.332 e. The summed E-state index contributed by atoms with van der Waals surface area (Å²) in [5, 5.41) is 34.6. The summed E-state index contributed by atoms with van der Waals surface area (Å²) in [6, 6.07) is 18.9. The molecule has 0 radical (unpaired) electrons. The number of fused-ring (bicyclic) bond motifs is 4. The summed E-state index contributed by atoms with van der Waals surface area (Å²) in [5.41, 5.74) is -0.703. The van der Waals surface area contributed by atoms with Crippen LogP contribution in [0, 0.1) is 22.7 Å². The zero-order chi connectivity index (χ0) is 63.2. The third kappa shape index (κ3) is 16.5. The number of halogens is 1. The first-order valence-electron chi connectivity index (χ1n) is 27.8. The number of aliphatic hydroxyl groups is 3. The zero-order valence-corrected chi connectivity index (χ0v) is 49.8. The number of nitriles is 2. The maximum atomic E-state index is 13.6. The van der Waals surface area contributed by atoms with Crippen LogP contribution in [0.3, 0.4) is 0 Å². The van der Waals surface area contributed by atoms with Crippen molar-refractivity contribution in [3.05, 3.63) is 90.2 Å². The lowest BCUT2D eigenvalue weighted by molar-refractivity contribution is -0.0529. The van der Waals surface area contributed by atoms with E-state index in [1.54, 1.807) is 48.5 Å². The number of hydrogen-bond donors (Lipinski definition) is 5. The van der Waals surface area contributed by atoms with Crippen molar-refractivity contribution in [1.29, 1.82) is 13.4 Å². The lowest BCUT2D eigenvalue weighted by Gasteiger charge is -2.37. The summed E-state index contributed by atoms with van der Waals surface area (Å²) in [5.74, 6) is 0. The third-order valence-electron chi connectivity index (χ3n) is 12.0. The van der Waals surface area contributed by atoms with Crippen molar-refractivity contribution in [3.8, 4) is 12.1 Å². The van der Waals surface area contributed by atoms with Gasteiger partial charge in [0.15, 0.2) is 34.8 Å². The van der Waals surface area contributed by atoms with Crippen molar-refractivity contribution in [2.24, 2.45) is 0 Å². The van der Waals surface area contributed by atoms with Crippen LogP contribution in [0.25, 0.3) is 44.4 Å². The number of aliphatic hydroxyl groups excluding tert-OH is 3. The monoisotopic (exact) mass is 1190 g/mol. The highest BCUT2D eigenvalue weighted by molar-refractivity contribution is 7.78. The van der Waals surface area contributed by atoms with Crippen LogP contribution in [0.15, 0.2) is 67.7 Å². The summed E-state index contributed by atoms with van der Waals surface area (Å²) in [7, 11) is 2.57. The molecule has 5 N–H and O–H groups in total. The quantitative estimate of drug-likeness (QED) is 0.0381. The molecule has 0 spiro atoms. The molecule has 0 bridgehead atoms. The molecule has 0 aliphatic carbocycles. The van der Waals surface area contributed by atoms with E-state index in [4.69, 9.17) is 59.9 Å². The number of rotatable bonds is 18. The molecule has 10 atom stereocenters. The number of para-hydroxylation sites is 4. The van der Waals surface area contributed by atoms with Gasteiger partial charge in [-0.05, 0) is 105 Å². The SMILES string of the molecule is CC(C)N(C(C)C)P(Cl)OCCC#N.[2H]C[C@H]1O[C@@H](n2c(=O)[nH]c3nc4ccccc4nc3c2=O)C(OC)[C@@H]1O.[2H]C[C@H]1O[C@@H](n2c(=O)[nH]c3nc4ccccc4nc3c2=O)C(OC)[C@@H]1OP(OCCC#N)N(C(C)C)C(C)C.[3H]OC.[3H]OC. The molecule has 0 saturated carbocycles. The number of ether oxygens (including phenoxy) is 4. The molecule has 2 saturated heterocycles. The number of nitrogens with one attached hydrogen (secondary N) is 2. The van der Waals surface area contributed by atoms with Crippen LogP contribution in [-0.2, 0) is 32.5 Å². The molecule has 8 rings (SSSR count). The van der Waals surface area contributed by atoms with Crippen LogP contribution >= 0.6 is 27.4 Å². The predicted octanol–water partition coefficient (Wildman–Crippen LogP) is 5.87. The molecular weight excluding hydrogens is 1110 g/mol. The van der Waals surface area contributed by atoms with Crippen molar-refractivity contribution in [2.45, 2.75) is 155 Å². The maximum absolute atomic E-state index is 13.6. The first kappa shape index (κ1) is 61.7. The van der Waals surface area contributed by atoms with Crippen LogP contribution in [0.2, 0.25) is 0 Å². The molecular formula is C52H75ClN12O14P2. The second-order valence-electron chi connectivity index (χ2n) is 18.7. The van der Waals surface area contributed by atoms with E-state index < -0.39 is 87.8 Å². The van der Waals surface area contributed by atoms with Gasteiger partial charge in [0.1, 0.15) is 24.4 Å². The van der Waals surface area contributed by atoms with Gasteiger partial charge in [-0.2, -0.15) is 10.5 Å². The third-order valence-corrected chi connectivity index (χ3v) is 16.7. The van der Waals surface area contributed by atoms with E-state index >= 15 is 0 Å². The Hall–Kier alpha value is -5.35. The van der Waals surface area contributed by atoms with Crippen molar-refractivity contribution < 1.29 is 50.6 Å². The highest BCUT2D eigenvalue weighted by Crippen LogP contribution is 2.51. The molecule has 4 unspecified atom stereocenters. The first-order chi connectivity index (χ1) is 40.6. The minimum Gasteiger partial charge on any atom is -0.400 e. The lowest BCUT2D eigenvalue weighted by atomic mass is 10.1. The van der Waals surface area contributed by atoms with E-state index in [-0.39, 0.29) is 61.2 Å². The topological polar surface area (TPSA) is 341 Å². The Bertz CT molecular complexity index is 3380. The Kier molecular flexibility index (Phi) is 24.7. The largest absolute Gasteiger partial charge is 0.400 e. The molecule has 0 amide bonds. The Balaban J connectivity index is 0.000000288. The normalized spacial score (nSPS) is 22.0. The summed E-state index contributed by atoms with van der Waals surface area (Å²) in [6.45, 7) is 16.5. The number of nitrogens with zero attached hydrogens (tertiary/aromatic N) is 10. The van der Waals surface area contributed by atoms with Crippen molar-refractivity contribution in [2.75, 3.05) is 41.7 Å². The van der Waals surface area contributed by atoms with E-state index in [1.807, 2.05) is 38.4 Å². The highest BCUT2D eigenvalue weighted by atomic mass is 35.7. The summed E-state index contributed by atoms with van der Waals surface area (Å²) in [6.07, 6.45) is -7.32. The van der Waals surface area contributed by atoms with Gasteiger partial charge in [-0.15, -0.1) is 0 Å². The van der Waals surface area contributed by atoms with Crippen LogP contribution in [0.4, 0.5) is 0 Å². The first-order valence-corrected chi connectivity index (χ1v) is 28.8. The van der Waals surface area contributed by atoms with Gasteiger partial charge in [0, 0.05) is 55.3 Å². The van der Waals surface area contributed by atoms with Crippen LogP contribution in [-0.4, -0.2) is 169 Å². The van der Waals surface area contributed by atoms with E-state index in [0.717, 1.165) is 9.13 Å².